The molecule has 0 amide bonds. The maximum atomic E-state index is 10.8. The van der Waals surface area contributed by atoms with Crippen molar-refractivity contribution in [1.29, 1.82) is 0 Å². The Morgan fingerprint density at radius 2 is 2.17 bits per heavy atom. The van der Waals surface area contributed by atoms with Gasteiger partial charge in [0.05, 0.1) is 4.70 Å². The first-order chi connectivity index (χ1) is 5.27. The summed E-state index contributed by atoms with van der Waals surface area (Å²) in [4.78, 5) is 13.2. The minimum Gasteiger partial charge on any atom is -0.506 e. The minimum absolute atomic E-state index is 0. The molecule has 5 heteroatoms. The average molecular weight is 204 g/mol. The second-order valence-corrected chi connectivity index (χ2v) is 3.18. The molecule has 0 saturated carbocycles. The molecule has 0 spiro atoms. The summed E-state index contributed by atoms with van der Waals surface area (Å²) in [5, 5.41) is 9.22. The predicted octanol–water partition coefficient (Wildman–Crippen LogP) is 1.72. The van der Waals surface area contributed by atoms with Crippen molar-refractivity contribution in [2.45, 2.75) is 0 Å². The number of hydrogen-bond donors (Lipinski definition) is 2. The van der Waals surface area contributed by atoms with Crippen molar-refractivity contribution in [3.8, 4) is 5.75 Å². The van der Waals surface area contributed by atoms with Crippen LogP contribution >= 0.6 is 23.7 Å². The molecular formula is C7H6ClNO2S. The molecule has 0 unspecified atom stereocenters. The second-order valence-electron chi connectivity index (χ2n) is 2.16. The Labute approximate surface area is 78.1 Å². The maximum absolute atomic E-state index is 10.8. The molecule has 0 bridgehead atoms. The molecular weight excluding hydrogens is 198 g/mol. The van der Waals surface area contributed by atoms with Crippen molar-refractivity contribution in [2.75, 3.05) is 0 Å². The summed E-state index contributed by atoms with van der Waals surface area (Å²) in [5.41, 5.74) is 0.530. The number of phenolic OH excluding ortho intramolecular Hbond substituents is 1. The highest BCUT2D eigenvalue weighted by atomic mass is 35.5. The number of aromatic hydroxyl groups is 1. The van der Waals surface area contributed by atoms with E-state index in [0.717, 1.165) is 16.0 Å². The number of fused-ring (bicyclic) bond motifs is 1. The summed E-state index contributed by atoms with van der Waals surface area (Å²) in [6.45, 7) is 0. The zero-order valence-electron chi connectivity index (χ0n) is 5.90. The van der Waals surface area contributed by atoms with Crippen molar-refractivity contribution in [2.24, 2.45) is 0 Å². The lowest BCUT2D eigenvalue weighted by molar-refractivity contribution is 0.480. The lowest BCUT2D eigenvalue weighted by Gasteiger charge is -1.89. The Morgan fingerprint density at radius 1 is 1.42 bits per heavy atom. The molecule has 0 aliphatic heterocycles. The number of aromatic nitrogens is 1. The summed E-state index contributed by atoms with van der Waals surface area (Å²) < 4.78 is 0.787. The van der Waals surface area contributed by atoms with Crippen LogP contribution in [0.4, 0.5) is 0 Å². The molecule has 2 aromatic rings. The van der Waals surface area contributed by atoms with Crippen molar-refractivity contribution in [1.82, 2.24) is 4.98 Å². The first-order valence-corrected chi connectivity index (χ1v) is 3.90. The number of para-hydroxylation sites is 1. The molecule has 0 saturated heterocycles. The van der Waals surface area contributed by atoms with E-state index >= 15 is 0 Å². The first kappa shape index (κ1) is 9.09. The molecule has 2 rings (SSSR count). The van der Waals surface area contributed by atoms with Crippen LogP contribution in [0, 0.1) is 0 Å². The van der Waals surface area contributed by atoms with Gasteiger partial charge in [0.1, 0.15) is 11.3 Å². The molecule has 12 heavy (non-hydrogen) atoms. The zero-order valence-corrected chi connectivity index (χ0v) is 7.54. The topological polar surface area (TPSA) is 53.1 Å². The molecule has 1 aromatic heterocycles. The SMILES string of the molecule is Cl.O=c1[nH]c2c(O)cccc2s1. The van der Waals surface area contributed by atoms with Gasteiger partial charge < -0.3 is 10.1 Å². The van der Waals surface area contributed by atoms with Crippen molar-refractivity contribution >= 4 is 34.0 Å². The highest BCUT2D eigenvalue weighted by Crippen LogP contribution is 2.22. The van der Waals surface area contributed by atoms with Crippen LogP contribution in [0.5, 0.6) is 5.75 Å². The fourth-order valence-electron chi connectivity index (χ4n) is 0.958. The van der Waals surface area contributed by atoms with Gasteiger partial charge in [-0.3, -0.25) is 4.79 Å². The van der Waals surface area contributed by atoms with E-state index in [4.69, 9.17) is 0 Å². The van der Waals surface area contributed by atoms with Crippen LogP contribution < -0.4 is 4.87 Å². The van der Waals surface area contributed by atoms with Crippen LogP contribution in [-0.4, -0.2) is 10.1 Å². The number of aromatic amines is 1. The normalized spacial score (nSPS) is 9.67. The van der Waals surface area contributed by atoms with E-state index in [9.17, 15) is 9.90 Å². The fourth-order valence-corrected chi connectivity index (χ4v) is 1.71. The second kappa shape index (κ2) is 3.16. The Morgan fingerprint density at radius 3 is 2.83 bits per heavy atom. The number of thiazole rings is 1. The number of benzene rings is 1. The number of rotatable bonds is 0. The number of halogens is 1. The van der Waals surface area contributed by atoms with Crippen molar-refractivity contribution < 1.29 is 5.11 Å². The zero-order chi connectivity index (χ0) is 7.84. The summed E-state index contributed by atoms with van der Waals surface area (Å²) in [5.74, 6) is 0.126. The van der Waals surface area contributed by atoms with E-state index < -0.39 is 0 Å². The van der Waals surface area contributed by atoms with Crippen LogP contribution in [0.3, 0.4) is 0 Å². The van der Waals surface area contributed by atoms with Crippen LogP contribution in [0.2, 0.25) is 0 Å². The third-order valence-electron chi connectivity index (χ3n) is 1.43. The number of H-pyrrole nitrogens is 1. The number of hydrogen-bond acceptors (Lipinski definition) is 3. The van der Waals surface area contributed by atoms with Gasteiger partial charge >= 0.3 is 4.87 Å². The Kier molecular flexibility index (Phi) is 2.40. The molecule has 0 radical (unpaired) electrons. The van der Waals surface area contributed by atoms with E-state index in [0.29, 0.717) is 5.52 Å². The molecule has 0 aliphatic rings. The van der Waals surface area contributed by atoms with Gasteiger partial charge in [-0.05, 0) is 12.1 Å². The lowest BCUT2D eigenvalue weighted by atomic mass is 10.3. The molecule has 0 atom stereocenters. The van der Waals surface area contributed by atoms with Crippen molar-refractivity contribution in [3.63, 3.8) is 0 Å². The van der Waals surface area contributed by atoms with E-state index in [1.807, 2.05) is 0 Å². The van der Waals surface area contributed by atoms with Crippen LogP contribution in [0.15, 0.2) is 23.0 Å². The Hall–Kier alpha value is -1.000. The van der Waals surface area contributed by atoms with Crippen LogP contribution in [0.25, 0.3) is 10.2 Å². The highest BCUT2D eigenvalue weighted by Gasteiger charge is 2.01. The van der Waals surface area contributed by atoms with Gasteiger partial charge in [0.15, 0.2) is 0 Å². The lowest BCUT2D eigenvalue weighted by Crippen LogP contribution is -1.89. The molecule has 3 nitrogen and oxygen atoms in total. The fraction of sp³-hybridized carbons (Fsp3) is 0. The van der Waals surface area contributed by atoms with Gasteiger partial charge in [0.2, 0.25) is 0 Å². The highest BCUT2D eigenvalue weighted by molar-refractivity contribution is 7.16. The summed E-state index contributed by atoms with van der Waals surface area (Å²) in [7, 11) is 0. The van der Waals surface area contributed by atoms with E-state index in [2.05, 4.69) is 4.98 Å². The Balaban J connectivity index is 0.000000720. The van der Waals surface area contributed by atoms with Gasteiger partial charge in [0, 0.05) is 0 Å². The monoisotopic (exact) mass is 203 g/mol. The van der Waals surface area contributed by atoms with Crippen molar-refractivity contribution in [3.05, 3.63) is 27.9 Å². The van der Waals surface area contributed by atoms with Gasteiger partial charge in [-0.1, -0.05) is 17.4 Å². The molecule has 0 aliphatic carbocycles. The third-order valence-corrected chi connectivity index (χ3v) is 2.28. The van der Waals surface area contributed by atoms with E-state index in [-0.39, 0.29) is 23.0 Å². The standard InChI is InChI=1S/C7H5NO2S.ClH/c9-4-2-1-3-5-6(4)8-7(10)11-5;/h1-3,9H,(H,8,10);1H. The summed E-state index contributed by atoms with van der Waals surface area (Å²) >= 11 is 1.10. The predicted molar refractivity (Wildman–Crippen MR) is 51.4 cm³/mol. The molecule has 2 N–H and O–H groups in total. The first-order valence-electron chi connectivity index (χ1n) is 3.08. The van der Waals surface area contributed by atoms with Crippen LogP contribution in [0.1, 0.15) is 0 Å². The molecule has 1 aromatic carbocycles. The summed E-state index contributed by atoms with van der Waals surface area (Å²) in [6, 6.07) is 5.05. The summed E-state index contributed by atoms with van der Waals surface area (Å²) in [6.07, 6.45) is 0. The van der Waals surface area contributed by atoms with Gasteiger partial charge in [-0.2, -0.15) is 0 Å². The van der Waals surface area contributed by atoms with E-state index in [1.165, 1.54) is 0 Å². The molecule has 64 valence electrons. The van der Waals surface area contributed by atoms with Gasteiger partial charge in [0.25, 0.3) is 0 Å². The molecule has 1 heterocycles. The Bertz CT molecular complexity index is 448. The van der Waals surface area contributed by atoms with Gasteiger partial charge in [-0.25, -0.2) is 0 Å². The smallest absolute Gasteiger partial charge is 0.305 e. The minimum atomic E-state index is -0.137. The van der Waals surface area contributed by atoms with E-state index in [1.54, 1.807) is 18.2 Å². The third kappa shape index (κ3) is 1.31. The van der Waals surface area contributed by atoms with Crippen LogP contribution in [-0.2, 0) is 0 Å². The average Bonchev–Trinajstić information content (AvgIpc) is 2.31. The van der Waals surface area contributed by atoms with Gasteiger partial charge in [-0.15, -0.1) is 12.4 Å². The molecule has 0 fully saturated rings. The quantitative estimate of drug-likeness (QED) is 0.685. The number of phenols is 1. The number of nitrogens with one attached hydrogen (secondary N) is 1. The maximum Gasteiger partial charge on any atom is 0.305 e. The largest absolute Gasteiger partial charge is 0.506 e.